The third-order valence-corrected chi connectivity index (χ3v) is 8.14. The van der Waals surface area contributed by atoms with Crippen LogP contribution in [0.4, 0.5) is 5.69 Å². The van der Waals surface area contributed by atoms with Gasteiger partial charge in [0.05, 0.1) is 0 Å². The van der Waals surface area contributed by atoms with Gasteiger partial charge in [-0.15, -0.1) is 0 Å². The van der Waals surface area contributed by atoms with Crippen molar-refractivity contribution in [1.82, 2.24) is 15.2 Å². The summed E-state index contributed by atoms with van der Waals surface area (Å²) in [5, 5.41) is 14.6. The standard InChI is InChI=1S/C32H45N5O2/c1-20-15-21(2)35-32(39)29(20)18-34-31(38)28-16-25(24-9-7-23(8-10-24)19-36(4)5)17-30(22(28)3)37(6)27-13-11-26(33)12-14-27/h7-10,15-17,26-27,31,34,38H,11-14,18-19,33H2,1-6H3,(H,35,39)/t26-,27+,31?. The average molecular weight is 532 g/mol. The number of nitrogens with one attached hydrogen (secondary N) is 2. The number of anilines is 1. The number of hydrogen-bond donors (Lipinski definition) is 4. The quantitative estimate of drug-likeness (QED) is 0.303. The molecule has 0 radical (unpaired) electrons. The maximum absolute atomic E-state index is 12.6. The molecule has 7 nitrogen and oxygen atoms in total. The Hall–Kier alpha value is -2.97. The molecule has 1 heterocycles. The summed E-state index contributed by atoms with van der Waals surface area (Å²) in [4.78, 5) is 20.0. The molecule has 39 heavy (non-hydrogen) atoms. The van der Waals surface area contributed by atoms with E-state index >= 15 is 0 Å². The van der Waals surface area contributed by atoms with E-state index in [-0.39, 0.29) is 18.1 Å². The summed E-state index contributed by atoms with van der Waals surface area (Å²) in [6.07, 6.45) is 3.26. The number of aromatic nitrogens is 1. The molecule has 4 rings (SSSR count). The second-order valence-electron chi connectivity index (χ2n) is 11.6. The van der Waals surface area contributed by atoms with Gasteiger partial charge in [-0.2, -0.15) is 0 Å². The number of aliphatic hydroxyl groups excluding tert-OH is 1. The van der Waals surface area contributed by atoms with E-state index in [1.165, 1.54) is 5.56 Å². The molecule has 1 aliphatic carbocycles. The summed E-state index contributed by atoms with van der Waals surface area (Å²) < 4.78 is 0. The molecular weight excluding hydrogens is 486 g/mol. The van der Waals surface area contributed by atoms with Crippen molar-refractivity contribution in [2.45, 2.75) is 77.9 Å². The predicted octanol–water partition coefficient (Wildman–Crippen LogP) is 4.52. The Morgan fingerprint density at radius 1 is 1.00 bits per heavy atom. The molecule has 1 aromatic heterocycles. The second kappa shape index (κ2) is 12.5. The summed E-state index contributed by atoms with van der Waals surface area (Å²) in [6.45, 7) is 7.05. The van der Waals surface area contributed by atoms with Gasteiger partial charge in [0.25, 0.3) is 5.56 Å². The van der Waals surface area contributed by atoms with E-state index in [1.807, 2.05) is 19.9 Å². The summed E-state index contributed by atoms with van der Waals surface area (Å²) in [6, 6.07) is 15.6. The number of hydrogen-bond acceptors (Lipinski definition) is 6. The monoisotopic (exact) mass is 531 g/mol. The van der Waals surface area contributed by atoms with Crippen LogP contribution in [0.25, 0.3) is 11.1 Å². The van der Waals surface area contributed by atoms with Crippen molar-refractivity contribution >= 4 is 5.69 Å². The van der Waals surface area contributed by atoms with Crippen molar-refractivity contribution in [1.29, 1.82) is 0 Å². The molecule has 5 N–H and O–H groups in total. The summed E-state index contributed by atoms with van der Waals surface area (Å²) in [5.74, 6) is 0. The van der Waals surface area contributed by atoms with Gasteiger partial charge in [-0.3, -0.25) is 10.1 Å². The Labute approximate surface area is 233 Å². The lowest BCUT2D eigenvalue weighted by molar-refractivity contribution is 0.136. The number of aliphatic hydroxyl groups is 1. The molecule has 0 spiro atoms. The van der Waals surface area contributed by atoms with Crippen LogP contribution in [0.5, 0.6) is 0 Å². The molecular formula is C32H45N5O2. The molecule has 3 aromatic rings. The van der Waals surface area contributed by atoms with E-state index in [0.29, 0.717) is 11.6 Å². The highest BCUT2D eigenvalue weighted by molar-refractivity contribution is 5.73. The zero-order valence-electron chi connectivity index (χ0n) is 24.3. The smallest absolute Gasteiger partial charge is 0.252 e. The highest BCUT2D eigenvalue weighted by Crippen LogP contribution is 2.36. The maximum Gasteiger partial charge on any atom is 0.252 e. The Kier molecular flexibility index (Phi) is 9.28. The highest BCUT2D eigenvalue weighted by atomic mass is 16.3. The van der Waals surface area contributed by atoms with Crippen LogP contribution in [-0.4, -0.2) is 48.2 Å². The van der Waals surface area contributed by atoms with E-state index in [1.54, 1.807) is 0 Å². The largest absolute Gasteiger partial charge is 0.374 e. The third kappa shape index (κ3) is 6.97. The first kappa shape index (κ1) is 29.0. The average Bonchev–Trinajstić information content (AvgIpc) is 2.88. The van der Waals surface area contributed by atoms with Crippen LogP contribution in [0.1, 0.15) is 65.4 Å². The number of aromatic amines is 1. The zero-order chi connectivity index (χ0) is 28.3. The van der Waals surface area contributed by atoms with Crippen LogP contribution in [0.15, 0.2) is 47.3 Å². The van der Waals surface area contributed by atoms with Gasteiger partial charge in [0.2, 0.25) is 0 Å². The van der Waals surface area contributed by atoms with Crippen molar-refractivity contribution in [2.24, 2.45) is 5.73 Å². The number of nitrogens with zero attached hydrogens (tertiary/aromatic N) is 2. The van der Waals surface area contributed by atoms with Crippen LogP contribution in [0, 0.1) is 20.8 Å². The number of H-pyrrole nitrogens is 1. The van der Waals surface area contributed by atoms with Gasteiger partial charge >= 0.3 is 0 Å². The van der Waals surface area contributed by atoms with Crippen LogP contribution < -0.4 is 21.5 Å². The van der Waals surface area contributed by atoms with E-state index in [9.17, 15) is 9.90 Å². The minimum Gasteiger partial charge on any atom is -0.374 e. The lowest BCUT2D eigenvalue weighted by atomic mass is 9.89. The number of benzene rings is 2. The fourth-order valence-corrected chi connectivity index (χ4v) is 5.80. The molecule has 2 aromatic carbocycles. The number of rotatable bonds is 9. The Bertz CT molecular complexity index is 1320. The molecule has 1 fully saturated rings. The van der Waals surface area contributed by atoms with Gasteiger partial charge in [-0.1, -0.05) is 24.3 Å². The van der Waals surface area contributed by atoms with Gasteiger partial charge in [0.15, 0.2) is 0 Å². The molecule has 7 heteroatoms. The van der Waals surface area contributed by atoms with Crippen LogP contribution >= 0.6 is 0 Å². The number of nitrogens with two attached hydrogens (primary N) is 1. The third-order valence-electron chi connectivity index (χ3n) is 8.14. The summed E-state index contributed by atoms with van der Waals surface area (Å²) >= 11 is 0. The molecule has 1 unspecified atom stereocenters. The van der Waals surface area contributed by atoms with Crippen molar-refractivity contribution in [2.75, 3.05) is 26.0 Å². The van der Waals surface area contributed by atoms with E-state index in [2.05, 4.69) is 84.6 Å². The maximum atomic E-state index is 12.6. The lowest BCUT2D eigenvalue weighted by Crippen LogP contribution is -2.39. The number of aryl methyl sites for hydroxylation is 2. The van der Waals surface area contributed by atoms with Gasteiger partial charge < -0.3 is 25.6 Å². The Balaban J connectivity index is 1.68. The Morgan fingerprint density at radius 3 is 2.28 bits per heavy atom. The van der Waals surface area contributed by atoms with Crippen molar-refractivity contribution in [3.8, 4) is 11.1 Å². The predicted molar refractivity (Wildman–Crippen MR) is 161 cm³/mol. The first-order valence-corrected chi connectivity index (χ1v) is 14.0. The van der Waals surface area contributed by atoms with Crippen LogP contribution in [0.3, 0.4) is 0 Å². The highest BCUT2D eigenvalue weighted by Gasteiger charge is 2.25. The minimum absolute atomic E-state index is 0.119. The second-order valence-corrected chi connectivity index (χ2v) is 11.6. The van der Waals surface area contributed by atoms with Crippen molar-refractivity contribution in [3.63, 3.8) is 0 Å². The van der Waals surface area contributed by atoms with E-state index in [4.69, 9.17) is 5.73 Å². The normalized spacial score (nSPS) is 18.4. The summed E-state index contributed by atoms with van der Waals surface area (Å²) in [7, 11) is 6.30. The molecule has 210 valence electrons. The SMILES string of the molecule is Cc1cc(C)c(CNC(O)c2cc(-c3ccc(CN(C)C)cc3)cc(N(C)[C@H]3CC[C@@H](N)CC3)c2C)c(=O)[nH]1. The van der Waals surface area contributed by atoms with Crippen LogP contribution in [-0.2, 0) is 13.1 Å². The van der Waals surface area contributed by atoms with Crippen molar-refractivity contribution < 1.29 is 5.11 Å². The molecule has 1 saturated carbocycles. The first-order valence-electron chi connectivity index (χ1n) is 14.0. The molecule has 0 bridgehead atoms. The molecule has 0 aliphatic heterocycles. The van der Waals surface area contributed by atoms with Crippen LogP contribution in [0.2, 0.25) is 0 Å². The van der Waals surface area contributed by atoms with Gasteiger partial charge in [0, 0.05) is 54.7 Å². The fraction of sp³-hybridized carbons (Fsp3) is 0.469. The lowest BCUT2D eigenvalue weighted by Gasteiger charge is -2.36. The molecule has 0 saturated heterocycles. The minimum atomic E-state index is -0.926. The van der Waals surface area contributed by atoms with Gasteiger partial charge in [-0.05, 0) is 107 Å². The Morgan fingerprint density at radius 2 is 1.67 bits per heavy atom. The fourth-order valence-electron chi connectivity index (χ4n) is 5.80. The summed E-state index contributed by atoms with van der Waals surface area (Å²) in [5.41, 5.74) is 14.9. The zero-order valence-corrected chi connectivity index (χ0v) is 24.3. The van der Waals surface area contributed by atoms with E-state index in [0.717, 1.165) is 71.4 Å². The number of pyridine rings is 1. The molecule has 1 atom stereocenters. The topological polar surface area (TPSA) is 97.6 Å². The molecule has 1 aliphatic rings. The molecule has 0 amide bonds. The van der Waals surface area contributed by atoms with Crippen molar-refractivity contribution in [3.05, 3.63) is 86.3 Å². The first-order chi connectivity index (χ1) is 18.5. The van der Waals surface area contributed by atoms with Gasteiger partial charge in [-0.25, -0.2) is 0 Å². The van der Waals surface area contributed by atoms with E-state index < -0.39 is 6.23 Å². The van der Waals surface area contributed by atoms with Gasteiger partial charge in [0.1, 0.15) is 6.23 Å².